The lowest BCUT2D eigenvalue weighted by molar-refractivity contribution is -0.0836. The van der Waals surface area contributed by atoms with Crippen LogP contribution in [0.15, 0.2) is 24.3 Å². The zero-order valence-electron chi connectivity index (χ0n) is 11.7. The summed E-state index contributed by atoms with van der Waals surface area (Å²) in [5, 5.41) is 10.00. The molecule has 0 amide bonds. The minimum Gasteiger partial charge on any atom is -0.390 e. The van der Waals surface area contributed by atoms with E-state index in [1.54, 1.807) is 18.2 Å². The zero-order valence-corrected chi connectivity index (χ0v) is 11.7. The number of halogens is 1. The molecule has 1 aromatic carbocycles. The minimum atomic E-state index is -0.415. The lowest BCUT2D eigenvalue weighted by Gasteiger charge is -2.35. The van der Waals surface area contributed by atoms with Crippen LogP contribution >= 0.6 is 0 Å². The van der Waals surface area contributed by atoms with E-state index in [1.165, 1.54) is 6.07 Å². The van der Waals surface area contributed by atoms with Crippen LogP contribution < -0.4 is 0 Å². The van der Waals surface area contributed by atoms with Crippen molar-refractivity contribution in [2.45, 2.75) is 51.9 Å². The zero-order chi connectivity index (χ0) is 13.8. The first-order valence-electron chi connectivity index (χ1n) is 7.11. The Morgan fingerprint density at radius 2 is 2.05 bits per heavy atom. The third-order valence-electron chi connectivity index (χ3n) is 4.15. The van der Waals surface area contributed by atoms with Crippen LogP contribution in [0.2, 0.25) is 0 Å². The summed E-state index contributed by atoms with van der Waals surface area (Å²) in [6.07, 6.45) is 2.12. The first-order chi connectivity index (χ1) is 9.08. The summed E-state index contributed by atoms with van der Waals surface area (Å²) >= 11 is 0. The summed E-state index contributed by atoms with van der Waals surface area (Å²) in [6, 6.07) is 6.64. The number of aliphatic hydroxyl groups excluding tert-OH is 1. The van der Waals surface area contributed by atoms with E-state index < -0.39 is 6.10 Å². The van der Waals surface area contributed by atoms with Crippen LogP contribution in [0.3, 0.4) is 0 Å². The molecule has 0 heterocycles. The van der Waals surface area contributed by atoms with Crippen molar-refractivity contribution in [1.29, 1.82) is 0 Å². The predicted molar refractivity (Wildman–Crippen MR) is 73.2 cm³/mol. The Morgan fingerprint density at radius 3 is 2.74 bits per heavy atom. The number of aliphatic hydroxyl groups is 1. The molecule has 0 aromatic heterocycles. The molecule has 3 atom stereocenters. The Hall–Kier alpha value is -0.930. The molecule has 19 heavy (non-hydrogen) atoms. The van der Waals surface area contributed by atoms with Crippen molar-refractivity contribution in [3.05, 3.63) is 35.6 Å². The Balaban J connectivity index is 1.92. The fourth-order valence-electron chi connectivity index (χ4n) is 2.74. The van der Waals surface area contributed by atoms with E-state index in [0.717, 1.165) is 19.3 Å². The van der Waals surface area contributed by atoms with Gasteiger partial charge in [0.25, 0.3) is 0 Å². The predicted octanol–water partition coefficient (Wildman–Crippen LogP) is 3.53. The smallest absolute Gasteiger partial charge is 0.128 e. The van der Waals surface area contributed by atoms with E-state index in [-0.39, 0.29) is 18.5 Å². The van der Waals surface area contributed by atoms with Crippen molar-refractivity contribution < 1.29 is 14.2 Å². The van der Waals surface area contributed by atoms with Gasteiger partial charge in [0.05, 0.1) is 18.8 Å². The van der Waals surface area contributed by atoms with Gasteiger partial charge in [-0.2, -0.15) is 0 Å². The molecule has 3 heteroatoms. The van der Waals surface area contributed by atoms with E-state index in [1.807, 2.05) is 0 Å². The highest BCUT2D eigenvalue weighted by atomic mass is 19.1. The standard InChI is InChI=1S/C16H23FO2/c1-11(2)12-7-8-15(18)16(9-12)19-10-13-5-3-4-6-14(13)17/h3-6,11-12,15-16,18H,7-10H2,1-2H3. The van der Waals surface area contributed by atoms with E-state index in [2.05, 4.69) is 13.8 Å². The first kappa shape index (κ1) is 14.5. The molecule has 0 aliphatic heterocycles. The van der Waals surface area contributed by atoms with Gasteiger partial charge in [-0.05, 0) is 37.2 Å². The maximum absolute atomic E-state index is 13.5. The van der Waals surface area contributed by atoms with Gasteiger partial charge in [0.1, 0.15) is 5.82 Å². The van der Waals surface area contributed by atoms with Gasteiger partial charge >= 0.3 is 0 Å². The molecular weight excluding hydrogens is 243 g/mol. The topological polar surface area (TPSA) is 29.5 Å². The number of rotatable bonds is 4. The Kier molecular flexibility index (Phi) is 4.94. The second kappa shape index (κ2) is 6.49. The van der Waals surface area contributed by atoms with E-state index in [4.69, 9.17) is 4.74 Å². The van der Waals surface area contributed by atoms with Crippen molar-refractivity contribution in [1.82, 2.24) is 0 Å². The van der Waals surface area contributed by atoms with Crippen LogP contribution in [0.1, 0.15) is 38.7 Å². The average Bonchev–Trinajstić information content (AvgIpc) is 2.39. The molecular formula is C16H23FO2. The van der Waals surface area contributed by atoms with Crippen molar-refractivity contribution in [2.75, 3.05) is 0 Å². The highest BCUT2D eigenvalue weighted by molar-refractivity contribution is 5.16. The summed E-state index contributed by atoms with van der Waals surface area (Å²) in [5.74, 6) is 0.953. The van der Waals surface area contributed by atoms with Crippen LogP contribution in [-0.4, -0.2) is 17.3 Å². The highest BCUT2D eigenvalue weighted by Crippen LogP contribution is 2.32. The van der Waals surface area contributed by atoms with Crippen LogP contribution in [0.4, 0.5) is 4.39 Å². The van der Waals surface area contributed by atoms with Gasteiger partial charge < -0.3 is 9.84 Å². The molecule has 1 N–H and O–H groups in total. The number of hydrogen-bond donors (Lipinski definition) is 1. The minimum absolute atomic E-state index is 0.166. The monoisotopic (exact) mass is 266 g/mol. The summed E-state index contributed by atoms with van der Waals surface area (Å²) in [7, 11) is 0. The van der Waals surface area contributed by atoms with Crippen molar-refractivity contribution >= 4 is 0 Å². The normalized spacial score (nSPS) is 27.7. The van der Waals surface area contributed by atoms with Crippen molar-refractivity contribution in [3.63, 3.8) is 0 Å². The maximum atomic E-state index is 13.5. The van der Waals surface area contributed by atoms with Gasteiger partial charge in [-0.1, -0.05) is 32.0 Å². The second-order valence-corrected chi connectivity index (χ2v) is 5.83. The fraction of sp³-hybridized carbons (Fsp3) is 0.625. The number of benzene rings is 1. The Bertz CT molecular complexity index is 405. The third kappa shape index (κ3) is 3.77. The fourth-order valence-corrected chi connectivity index (χ4v) is 2.74. The van der Waals surface area contributed by atoms with E-state index in [0.29, 0.717) is 17.4 Å². The van der Waals surface area contributed by atoms with Crippen LogP contribution in [-0.2, 0) is 11.3 Å². The highest BCUT2D eigenvalue weighted by Gasteiger charge is 2.31. The molecule has 1 saturated carbocycles. The lowest BCUT2D eigenvalue weighted by Crippen LogP contribution is -2.37. The van der Waals surface area contributed by atoms with Gasteiger partial charge in [-0.15, -0.1) is 0 Å². The quantitative estimate of drug-likeness (QED) is 0.903. The maximum Gasteiger partial charge on any atom is 0.128 e. The molecule has 2 rings (SSSR count). The van der Waals surface area contributed by atoms with Gasteiger partial charge in [0, 0.05) is 5.56 Å². The van der Waals surface area contributed by atoms with Crippen LogP contribution in [0.5, 0.6) is 0 Å². The lowest BCUT2D eigenvalue weighted by atomic mass is 9.79. The molecule has 1 aromatic rings. The summed E-state index contributed by atoms with van der Waals surface area (Å²) in [5.41, 5.74) is 0.557. The SMILES string of the molecule is CC(C)C1CCC(O)C(OCc2ccccc2F)C1. The molecule has 3 unspecified atom stereocenters. The van der Waals surface area contributed by atoms with E-state index in [9.17, 15) is 9.50 Å². The molecule has 0 radical (unpaired) electrons. The molecule has 2 nitrogen and oxygen atoms in total. The molecule has 106 valence electrons. The van der Waals surface area contributed by atoms with E-state index >= 15 is 0 Å². The molecule has 1 aliphatic rings. The Morgan fingerprint density at radius 1 is 1.32 bits per heavy atom. The summed E-state index contributed by atoms with van der Waals surface area (Å²) < 4.78 is 19.3. The summed E-state index contributed by atoms with van der Waals surface area (Å²) in [6.45, 7) is 4.64. The molecule has 1 aliphatic carbocycles. The molecule has 0 spiro atoms. The van der Waals surface area contributed by atoms with Gasteiger partial charge in [-0.3, -0.25) is 0 Å². The number of hydrogen-bond acceptors (Lipinski definition) is 2. The van der Waals surface area contributed by atoms with Crippen LogP contribution in [0, 0.1) is 17.7 Å². The van der Waals surface area contributed by atoms with Gasteiger partial charge in [-0.25, -0.2) is 4.39 Å². The second-order valence-electron chi connectivity index (χ2n) is 5.83. The largest absolute Gasteiger partial charge is 0.390 e. The van der Waals surface area contributed by atoms with Gasteiger partial charge in [0.2, 0.25) is 0 Å². The average molecular weight is 266 g/mol. The van der Waals surface area contributed by atoms with Crippen molar-refractivity contribution in [3.8, 4) is 0 Å². The molecule has 0 bridgehead atoms. The van der Waals surface area contributed by atoms with Gasteiger partial charge in [0.15, 0.2) is 0 Å². The third-order valence-corrected chi connectivity index (χ3v) is 4.15. The number of ether oxygens (including phenoxy) is 1. The first-order valence-corrected chi connectivity index (χ1v) is 7.11. The molecule has 0 saturated heterocycles. The molecule has 1 fully saturated rings. The Labute approximate surface area is 114 Å². The summed E-state index contributed by atoms with van der Waals surface area (Å²) in [4.78, 5) is 0. The van der Waals surface area contributed by atoms with Crippen LogP contribution in [0.25, 0.3) is 0 Å². The van der Waals surface area contributed by atoms with Crippen molar-refractivity contribution in [2.24, 2.45) is 11.8 Å².